The molecule has 23 heavy (non-hydrogen) atoms. The lowest BCUT2D eigenvalue weighted by Crippen LogP contribution is -2.25. The Balaban J connectivity index is 3.22. The SMILES string of the molecule is C=C(C)C(C)(C)C(CC)=NNc1ccc([N+](=O)[O-])cc1[N+](=O)[O-]. The van der Waals surface area contributed by atoms with Gasteiger partial charge < -0.3 is 0 Å². The van der Waals surface area contributed by atoms with E-state index >= 15 is 0 Å². The fourth-order valence-corrected chi connectivity index (χ4v) is 1.91. The maximum Gasteiger partial charge on any atom is 0.301 e. The van der Waals surface area contributed by atoms with Crippen LogP contribution in [0.5, 0.6) is 0 Å². The molecule has 0 bridgehead atoms. The zero-order valence-electron chi connectivity index (χ0n) is 13.6. The minimum absolute atomic E-state index is 0.101. The predicted octanol–water partition coefficient (Wildman–Crippen LogP) is 4.28. The summed E-state index contributed by atoms with van der Waals surface area (Å²) in [4.78, 5) is 20.5. The van der Waals surface area contributed by atoms with Crippen LogP contribution < -0.4 is 5.43 Å². The summed E-state index contributed by atoms with van der Waals surface area (Å²) in [5.74, 6) is 0. The number of nitrogens with one attached hydrogen (secondary N) is 1. The van der Waals surface area contributed by atoms with Crippen LogP contribution in [-0.4, -0.2) is 15.6 Å². The molecular weight excluding hydrogens is 300 g/mol. The van der Waals surface area contributed by atoms with Crippen molar-refractivity contribution < 1.29 is 9.85 Å². The zero-order valence-corrected chi connectivity index (χ0v) is 13.6. The van der Waals surface area contributed by atoms with Gasteiger partial charge in [0.05, 0.1) is 15.9 Å². The lowest BCUT2D eigenvalue weighted by atomic mass is 9.80. The van der Waals surface area contributed by atoms with E-state index in [1.807, 2.05) is 27.7 Å². The van der Waals surface area contributed by atoms with Crippen LogP contribution in [0.1, 0.15) is 34.1 Å². The fourth-order valence-electron chi connectivity index (χ4n) is 1.91. The summed E-state index contributed by atoms with van der Waals surface area (Å²) in [5.41, 5.74) is 3.34. The molecule has 0 fully saturated rings. The third kappa shape index (κ3) is 4.12. The zero-order chi connectivity index (χ0) is 17.8. The molecule has 124 valence electrons. The Hall–Kier alpha value is -2.77. The van der Waals surface area contributed by atoms with Gasteiger partial charge in [-0.3, -0.25) is 25.7 Å². The van der Waals surface area contributed by atoms with E-state index in [-0.39, 0.29) is 16.8 Å². The first-order valence-corrected chi connectivity index (χ1v) is 7.03. The molecular formula is C15H20N4O4. The number of non-ortho nitro benzene ring substituents is 1. The number of nitro benzene ring substituents is 2. The molecule has 0 spiro atoms. The average molecular weight is 320 g/mol. The number of nitro groups is 2. The molecule has 8 heteroatoms. The Morgan fingerprint density at radius 3 is 2.35 bits per heavy atom. The van der Waals surface area contributed by atoms with Gasteiger partial charge in [-0.1, -0.05) is 32.9 Å². The van der Waals surface area contributed by atoms with Crippen molar-refractivity contribution in [1.29, 1.82) is 0 Å². The lowest BCUT2D eigenvalue weighted by Gasteiger charge is -2.26. The highest BCUT2D eigenvalue weighted by Gasteiger charge is 2.25. The molecule has 0 saturated carbocycles. The Morgan fingerprint density at radius 2 is 1.91 bits per heavy atom. The summed E-state index contributed by atoms with van der Waals surface area (Å²) < 4.78 is 0. The topological polar surface area (TPSA) is 111 Å². The summed E-state index contributed by atoms with van der Waals surface area (Å²) in [5, 5.41) is 26.1. The van der Waals surface area contributed by atoms with Crippen LogP contribution in [0.3, 0.4) is 0 Å². The van der Waals surface area contributed by atoms with Crippen molar-refractivity contribution in [3.05, 3.63) is 50.6 Å². The van der Waals surface area contributed by atoms with Crippen molar-refractivity contribution in [2.45, 2.75) is 34.1 Å². The van der Waals surface area contributed by atoms with E-state index in [4.69, 9.17) is 0 Å². The second-order valence-corrected chi connectivity index (χ2v) is 5.64. The van der Waals surface area contributed by atoms with Crippen LogP contribution in [-0.2, 0) is 0 Å². The molecule has 0 saturated heterocycles. The van der Waals surface area contributed by atoms with E-state index in [0.29, 0.717) is 6.42 Å². The van der Waals surface area contributed by atoms with E-state index in [1.54, 1.807) is 0 Å². The van der Waals surface area contributed by atoms with Crippen LogP contribution in [0.15, 0.2) is 35.5 Å². The van der Waals surface area contributed by atoms with E-state index in [2.05, 4.69) is 17.1 Å². The van der Waals surface area contributed by atoms with E-state index < -0.39 is 15.5 Å². The smallest absolute Gasteiger partial charge is 0.272 e. The summed E-state index contributed by atoms with van der Waals surface area (Å²) in [6.45, 7) is 11.7. The first-order valence-electron chi connectivity index (χ1n) is 7.03. The molecule has 0 atom stereocenters. The van der Waals surface area contributed by atoms with Crippen molar-refractivity contribution in [2.24, 2.45) is 10.5 Å². The van der Waals surface area contributed by atoms with Crippen molar-refractivity contribution in [3.63, 3.8) is 0 Å². The standard InChI is InChI=1S/C15H20N4O4/c1-6-14(15(4,5)10(2)3)17-16-12-8-7-11(18(20)21)9-13(12)19(22)23/h7-9,16H,2,6H2,1,3-5H3. The Kier molecular flexibility index (Phi) is 5.56. The lowest BCUT2D eigenvalue weighted by molar-refractivity contribution is -0.393. The molecule has 1 aromatic carbocycles. The van der Waals surface area contributed by atoms with Crippen LogP contribution in [0.25, 0.3) is 0 Å². The molecule has 0 unspecified atom stereocenters. The summed E-state index contributed by atoms with van der Waals surface area (Å²) in [7, 11) is 0. The molecule has 0 aromatic heterocycles. The molecule has 0 radical (unpaired) electrons. The minimum atomic E-state index is -0.680. The first kappa shape index (κ1) is 18.3. The Labute approximate surface area is 134 Å². The van der Waals surface area contributed by atoms with Crippen LogP contribution in [0.2, 0.25) is 0 Å². The Bertz CT molecular complexity index is 680. The van der Waals surface area contributed by atoms with Gasteiger partial charge in [0, 0.05) is 17.2 Å². The molecule has 1 N–H and O–H groups in total. The Morgan fingerprint density at radius 1 is 1.30 bits per heavy atom. The number of nitrogens with zero attached hydrogens (tertiary/aromatic N) is 3. The number of rotatable bonds is 7. The normalized spacial score (nSPS) is 11.9. The maximum atomic E-state index is 11.1. The fraction of sp³-hybridized carbons (Fsp3) is 0.400. The van der Waals surface area contributed by atoms with Crippen molar-refractivity contribution in [1.82, 2.24) is 0 Å². The molecule has 8 nitrogen and oxygen atoms in total. The van der Waals surface area contributed by atoms with E-state index in [0.717, 1.165) is 17.4 Å². The molecule has 0 heterocycles. The van der Waals surface area contributed by atoms with Gasteiger partial charge in [0.25, 0.3) is 5.69 Å². The summed E-state index contributed by atoms with van der Waals surface area (Å²) >= 11 is 0. The molecule has 0 aliphatic rings. The summed E-state index contributed by atoms with van der Waals surface area (Å²) in [6.07, 6.45) is 0.633. The predicted molar refractivity (Wildman–Crippen MR) is 89.7 cm³/mol. The quantitative estimate of drug-likeness (QED) is 0.349. The number of hydrazone groups is 1. The molecule has 1 aromatic rings. The van der Waals surface area contributed by atoms with Gasteiger partial charge in [0.2, 0.25) is 0 Å². The van der Waals surface area contributed by atoms with Crippen molar-refractivity contribution in [2.75, 3.05) is 5.43 Å². The number of benzene rings is 1. The highest BCUT2D eigenvalue weighted by molar-refractivity contribution is 5.92. The summed E-state index contributed by atoms with van der Waals surface area (Å²) in [6, 6.07) is 3.38. The number of hydrogen-bond acceptors (Lipinski definition) is 6. The van der Waals surface area contributed by atoms with E-state index in [9.17, 15) is 20.2 Å². The monoisotopic (exact) mass is 320 g/mol. The van der Waals surface area contributed by atoms with Gasteiger partial charge in [0.1, 0.15) is 5.69 Å². The number of hydrogen-bond donors (Lipinski definition) is 1. The third-order valence-electron chi connectivity index (χ3n) is 3.82. The van der Waals surface area contributed by atoms with Crippen molar-refractivity contribution in [3.8, 4) is 0 Å². The largest absolute Gasteiger partial charge is 0.301 e. The highest BCUT2D eigenvalue weighted by Crippen LogP contribution is 2.31. The highest BCUT2D eigenvalue weighted by atomic mass is 16.6. The van der Waals surface area contributed by atoms with Gasteiger partial charge in [-0.25, -0.2) is 0 Å². The van der Waals surface area contributed by atoms with Gasteiger partial charge in [-0.05, 0) is 19.4 Å². The van der Waals surface area contributed by atoms with Gasteiger partial charge in [-0.15, -0.1) is 0 Å². The van der Waals surface area contributed by atoms with Gasteiger partial charge in [0.15, 0.2) is 0 Å². The number of allylic oxidation sites excluding steroid dienone is 1. The second kappa shape index (κ2) is 6.99. The van der Waals surface area contributed by atoms with Crippen LogP contribution >= 0.6 is 0 Å². The molecule has 0 aliphatic carbocycles. The molecule has 1 rings (SSSR count). The van der Waals surface area contributed by atoms with E-state index in [1.165, 1.54) is 12.1 Å². The number of anilines is 1. The second-order valence-electron chi connectivity index (χ2n) is 5.64. The first-order chi connectivity index (χ1) is 10.6. The minimum Gasteiger partial charge on any atom is -0.272 e. The van der Waals surface area contributed by atoms with Crippen molar-refractivity contribution >= 4 is 22.8 Å². The maximum absolute atomic E-state index is 11.1. The van der Waals surface area contributed by atoms with Crippen LogP contribution in [0.4, 0.5) is 17.1 Å². The van der Waals surface area contributed by atoms with Gasteiger partial charge >= 0.3 is 5.69 Å². The molecule has 0 amide bonds. The third-order valence-corrected chi connectivity index (χ3v) is 3.82. The van der Waals surface area contributed by atoms with Gasteiger partial charge in [-0.2, -0.15) is 5.10 Å². The molecule has 0 aliphatic heterocycles. The average Bonchev–Trinajstić information content (AvgIpc) is 2.47. The van der Waals surface area contributed by atoms with Crippen LogP contribution in [0, 0.1) is 25.6 Å².